The summed E-state index contributed by atoms with van der Waals surface area (Å²) in [6.07, 6.45) is 1.32. The third kappa shape index (κ3) is 3.74. The first kappa shape index (κ1) is 13.0. The Kier molecular flexibility index (Phi) is 4.03. The van der Waals surface area contributed by atoms with Crippen molar-refractivity contribution in [1.82, 2.24) is 4.98 Å². The second-order valence-electron chi connectivity index (χ2n) is 4.10. The molecule has 0 N–H and O–H groups in total. The van der Waals surface area contributed by atoms with E-state index < -0.39 is 0 Å². The third-order valence-corrected chi connectivity index (χ3v) is 2.43. The fraction of sp³-hybridized carbons (Fsp3) is 0.133. The lowest BCUT2D eigenvalue weighted by Gasteiger charge is -2.04. The van der Waals surface area contributed by atoms with E-state index in [1.54, 1.807) is 12.1 Å². The van der Waals surface area contributed by atoms with Gasteiger partial charge in [-0.2, -0.15) is 0 Å². The van der Waals surface area contributed by atoms with E-state index in [1.165, 1.54) is 13.1 Å². The van der Waals surface area contributed by atoms with Crippen molar-refractivity contribution in [2.75, 3.05) is 0 Å². The Morgan fingerprint density at radius 2 is 1.84 bits per heavy atom. The molecule has 0 bridgehead atoms. The molecule has 0 aliphatic heterocycles. The number of pyridine rings is 1. The number of Topliss-reactive ketones (excluding diaryl/α,β-unsaturated/α-hetero) is 2. The number of hydrogen-bond acceptors (Lipinski definition) is 4. The molecule has 96 valence electrons. The van der Waals surface area contributed by atoms with E-state index in [4.69, 9.17) is 4.74 Å². The Labute approximate surface area is 111 Å². The number of para-hydroxylation sites is 1. The molecule has 19 heavy (non-hydrogen) atoms. The highest BCUT2D eigenvalue weighted by Crippen LogP contribution is 2.18. The highest BCUT2D eigenvalue weighted by molar-refractivity contribution is 6.07. The van der Waals surface area contributed by atoms with Gasteiger partial charge < -0.3 is 4.74 Å². The zero-order chi connectivity index (χ0) is 13.7. The molecule has 0 fully saturated rings. The number of ether oxygens (including phenoxy) is 1. The van der Waals surface area contributed by atoms with Crippen molar-refractivity contribution in [3.05, 3.63) is 54.2 Å². The van der Waals surface area contributed by atoms with Crippen LogP contribution in [0.2, 0.25) is 0 Å². The predicted octanol–water partition coefficient (Wildman–Crippen LogP) is 3.04. The normalized spacial score (nSPS) is 9.95. The van der Waals surface area contributed by atoms with E-state index in [0.29, 0.717) is 17.2 Å². The number of hydrogen-bond donors (Lipinski definition) is 0. The minimum absolute atomic E-state index is 0.0967. The van der Waals surface area contributed by atoms with Gasteiger partial charge in [0.05, 0.1) is 6.42 Å². The van der Waals surface area contributed by atoms with Crippen molar-refractivity contribution in [2.45, 2.75) is 13.3 Å². The highest BCUT2D eigenvalue weighted by atomic mass is 16.5. The fourth-order valence-electron chi connectivity index (χ4n) is 1.54. The smallest absolute Gasteiger partial charge is 0.219 e. The number of carbonyl (C=O) groups excluding carboxylic acids is 2. The molecular formula is C15H13NO3. The average Bonchev–Trinajstić information content (AvgIpc) is 2.40. The maximum atomic E-state index is 11.6. The van der Waals surface area contributed by atoms with Crippen LogP contribution in [0.25, 0.3) is 0 Å². The monoisotopic (exact) mass is 255 g/mol. The van der Waals surface area contributed by atoms with Crippen LogP contribution in [0.15, 0.2) is 48.7 Å². The van der Waals surface area contributed by atoms with Crippen molar-refractivity contribution < 1.29 is 14.3 Å². The van der Waals surface area contributed by atoms with Crippen LogP contribution in [-0.2, 0) is 4.79 Å². The lowest BCUT2D eigenvalue weighted by Crippen LogP contribution is -2.05. The van der Waals surface area contributed by atoms with Gasteiger partial charge in [-0.3, -0.25) is 9.59 Å². The lowest BCUT2D eigenvalue weighted by atomic mass is 10.1. The Morgan fingerprint density at radius 1 is 1.11 bits per heavy atom. The van der Waals surface area contributed by atoms with Crippen LogP contribution in [0.1, 0.15) is 23.7 Å². The Hall–Kier alpha value is -2.49. The van der Waals surface area contributed by atoms with Crippen molar-refractivity contribution >= 4 is 11.6 Å². The zero-order valence-corrected chi connectivity index (χ0v) is 10.5. The van der Waals surface area contributed by atoms with E-state index >= 15 is 0 Å². The van der Waals surface area contributed by atoms with Gasteiger partial charge in [-0.15, -0.1) is 0 Å². The molecule has 1 aromatic carbocycles. The van der Waals surface area contributed by atoms with Gasteiger partial charge in [0, 0.05) is 17.8 Å². The summed E-state index contributed by atoms with van der Waals surface area (Å²) >= 11 is 0. The molecule has 0 unspecified atom stereocenters. The van der Waals surface area contributed by atoms with Gasteiger partial charge in [-0.1, -0.05) is 18.2 Å². The van der Waals surface area contributed by atoms with Crippen molar-refractivity contribution in [1.29, 1.82) is 0 Å². The Morgan fingerprint density at radius 3 is 2.42 bits per heavy atom. The van der Waals surface area contributed by atoms with Crippen molar-refractivity contribution in [2.24, 2.45) is 0 Å². The SMILES string of the molecule is CC(=O)CC(=O)c1ccc(Oc2ccccc2)nc1. The van der Waals surface area contributed by atoms with Gasteiger partial charge >= 0.3 is 0 Å². The minimum Gasteiger partial charge on any atom is -0.439 e. The highest BCUT2D eigenvalue weighted by Gasteiger charge is 2.09. The molecule has 4 heteroatoms. The molecule has 0 aliphatic carbocycles. The van der Waals surface area contributed by atoms with E-state index in [9.17, 15) is 9.59 Å². The third-order valence-electron chi connectivity index (χ3n) is 2.43. The van der Waals surface area contributed by atoms with Crippen LogP contribution in [-0.4, -0.2) is 16.6 Å². The standard InChI is InChI=1S/C15H13NO3/c1-11(17)9-14(18)12-7-8-15(16-10-12)19-13-5-3-2-4-6-13/h2-8,10H,9H2,1H3. The predicted molar refractivity (Wildman–Crippen MR) is 70.4 cm³/mol. The van der Waals surface area contributed by atoms with Crippen molar-refractivity contribution in [3.63, 3.8) is 0 Å². The first-order chi connectivity index (χ1) is 9.15. The summed E-state index contributed by atoms with van der Waals surface area (Å²) in [7, 11) is 0. The average molecular weight is 255 g/mol. The van der Waals surface area contributed by atoms with E-state index in [0.717, 1.165) is 0 Å². The van der Waals surface area contributed by atoms with Gasteiger partial charge in [-0.25, -0.2) is 4.98 Å². The first-order valence-electron chi connectivity index (χ1n) is 5.87. The van der Waals surface area contributed by atoms with Crippen LogP contribution < -0.4 is 4.74 Å². The van der Waals surface area contributed by atoms with Gasteiger partial charge in [0.2, 0.25) is 5.88 Å². The molecule has 0 spiro atoms. The summed E-state index contributed by atoms with van der Waals surface area (Å²) in [6, 6.07) is 12.5. The van der Waals surface area contributed by atoms with Crippen LogP contribution in [0, 0.1) is 0 Å². The summed E-state index contributed by atoms with van der Waals surface area (Å²) < 4.78 is 5.50. The summed E-state index contributed by atoms with van der Waals surface area (Å²) in [5, 5.41) is 0. The topological polar surface area (TPSA) is 56.3 Å². The van der Waals surface area contributed by atoms with Crippen LogP contribution >= 0.6 is 0 Å². The van der Waals surface area contributed by atoms with Gasteiger partial charge in [-0.05, 0) is 25.1 Å². The first-order valence-corrected chi connectivity index (χ1v) is 5.87. The maximum Gasteiger partial charge on any atom is 0.219 e. The van der Waals surface area contributed by atoms with Crippen molar-refractivity contribution in [3.8, 4) is 11.6 Å². The number of ketones is 2. The number of rotatable bonds is 5. The quantitative estimate of drug-likeness (QED) is 0.608. The Balaban J connectivity index is 2.06. The molecule has 1 heterocycles. The molecule has 0 amide bonds. The molecule has 4 nitrogen and oxygen atoms in total. The minimum atomic E-state index is -0.230. The van der Waals surface area contributed by atoms with Crippen LogP contribution in [0.4, 0.5) is 0 Å². The molecule has 0 aliphatic rings. The van der Waals surface area contributed by atoms with Gasteiger partial charge in [0.1, 0.15) is 11.5 Å². The van der Waals surface area contributed by atoms with E-state index in [2.05, 4.69) is 4.98 Å². The molecule has 0 atom stereocenters. The Bertz CT molecular complexity index is 576. The summed E-state index contributed by atoms with van der Waals surface area (Å²) in [6.45, 7) is 1.39. The number of aromatic nitrogens is 1. The molecule has 2 aromatic rings. The van der Waals surface area contributed by atoms with Crippen LogP contribution in [0.5, 0.6) is 11.6 Å². The van der Waals surface area contributed by atoms with Crippen LogP contribution in [0.3, 0.4) is 0 Å². The molecular weight excluding hydrogens is 242 g/mol. The van der Waals surface area contributed by atoms with E-state index in [1.807, 2.05) is 30.3 Å². The maximum absolute atomic E-state index is 11.6. The number of carbonyl (C=O) groups is 2. The second-order valence-corrected chi connectivity index (χ2v) is 4.10. The summed E-state index contributed by atoms with van der Waals surface area (Å²) in [5.41, 5.74) is 0.413. The number of nitrogens with zero attached hydrogens (tertiary/aromatic N) is 1. The number of benzene rings is 1. The van der Waals surface area contributed by atoms with E-state index in [-0.39, 0.29) is 18.0 Å². The molecule has 0 saturated carbocycles. The molecule has 0 saturated heterocycles. The molecule has 1 aromatic heterocycles. The summed E-state index contributed by atoms with van der Waals surface area (Å²) in [4.78, 5) is 26.5. The largest absolute Gasteiger partial charge is 0.439 e. The summed E-state index contributed by atoms with van der Waals surface area (Å²) in [5.74, 6) is 0.698. The van der Waals surface area contributed by atoms with Gasteiger partial charge in [0.15, 0.2) is 5.78 Å². The second kappa shape index (κ2) is 5.91. The molecule has 2 rings (SSSR count). The van der Waals surface area contributed by atoms with Gasteiger partial charge in [0.25, 0.3) is 0 Å². The fourth-order valence-corrected chi connectivity index (χ4v) is 1.54. The molecule has 0 radical (unpaired) electrons. The lowest BCUT2D eigenvalue weighted by molar-refractivity contribution is -0.116. The zero-order valence-electron chi connectivity index (χ0n) is 10.5.